The van der Waals surface area contributed by atoms with E-state index in [1.165, 1.54) is 0 Å². The number of carboxylic acid groups (broad SMARTS) is 1. The van der Waals surface area contributed by atoms with Crippen LogP contribution in [0.15, 0.2) is 48.5 Å². The second-order valence-corrected chi connectivity index (χ2v) is 9.52. The van der Waals surface area contributed by atoms with Crippen LogP contribution in [0, 0.1) is 25.1 Å². The number of benzene rings is 3. The minimum absolute atomic E-state index is 0.159. The third kappa shape index (κ3) is 5.14. The van der Waals surface area contributed by atoms with Gasteiger partial charge in [-0.2, -0.15) is 0 Å². The van der Waals surface area contributed by atoms with Crippen molar-refractivity contribution in [2.24, 2.45) is 5.41 Å². The second-order valence-electron chi connectivity index (χ2n) is 9.52. The first kappa shape index (κ1) is 25.5. The summed E-state index contributed by atoms with van der Waals surface area (Å²) in [6, 6.07) is 15.3. The van der Waals surface area contributed by atoms with Crippen LogP contribution >= 0.6 is 0 Å². The zero-order valence-corrected chi connectivity index (χ0v) is 20.8. The van der Waals surface area contributed by atoms with Gasteiger partial charge in [-0.1, -0.05) is 48.6 Å². The predicted molar refractivity (Wildman–Crippen MR) is 139 cm³/mol. The maximum absolute atomic E-state index is 15.3. The molecule has 2 N–H and O–H groups in total. The molecule has 0 unspecified atom stereocenters. The van der Waals surface area contributed by atoms with Crippen LogP contribution in [-0.4, -0.2) is 36.0 Å². The lowest BCUT2D eigenvalue weighted by Crippen LogP contribution is -2.32. The van der Waals surface area contributed by atoms with Gasteiger partial charge in [-0.25, -0.2) is 4.39 Å². The number of rotatable bonds is 8. The molecule has 4 rings (SSSR count). The Morgan fingerprint density at radius 2 is 1.78 bits per heavy atom. The Bertz CT molecular complexity index is 1310. The first-order valence-electron chi connectivity index (χ1n) is 12.0. The van der Waals surface area contributed by atoms with Crippen LogP contribution in [0.1, 0.15) is 41.2 Å². The van der Waals surface area contributed by atoms with Crippen LogP contribution < -0.4 is 9.47 Å². The number of ether oxygens (including phenoxy) is 2. The molecule has 1 aliphatic heterocycles. The lowest BCUT2D eigenvalue weighted by Gasteiger charge is -2.22. The highest BCUT2D eigenvalue weighted by molar-refractivity contribution is 5.79. The molecule has 0 amide bonds. The Kier molecular flexibility index (Phi) is 7.45. The molecule has 0 radical (unpaired) electrons. The number of fused-ring (bicyclic) bond motifs is 1. The highest BCUT2D eigenvalue weighted by atomic mass is 19.1. The number of aryl methyl sites for hydroxylation is 2. The number of aliphatic carboxylic acids is 1. The van der Waals surface area contributed by atoms with E-state index in [1.54, 1.807) is 19.1 Å². The van der Waals surface area contributed by atoms with Crippen molar-refractivity contribution in [3.8, 4) is 22.6 Å². The zero-order valence-electron chi connectivity index (χ0n) is 20.8. The average molecular weight is 491 g/mol. The molecular formula is C30H31FO5. The van der Waals surface area contributed by atoms with Crippen molar-refractivity contribution in [1.29, 1.82) is 0 Å². The van der Waals surface area contributed by atoms with Crippen molar-refractivity contribution >= 4 is 18.1 Å². The van der Waals surface area contributed by atoms with Gasteiger partial charge in [0.1, 0.15) is 13.2 Å². The SMILES string of the molecule is Cc1ccc(CC[C@](C)(CO)C(=O)O)cc1/C=C/c1cccc(-c2ccc3c(c2F)OCCO3)c1C. The van der Waals surface area contributed by atoms with E-state index < -0.39 is 23.8 Å². The summed E-state index contributed by atoms with van der Waals surface area (Å²) in [5.41, 5.74) is 5.11. The average Bonchev–Trinajstić information content (AvgIpc) is 2.88. The van der Waals surface area contributed by atoms with E-state index in [1.807, 2.05) is 62.4 Å². The number of halogens is 1. The maximum Gasteiger partial charge on any atom is 0.311 e. The third-order valence-electron chi connectivity index (χ3n) is 6.93. The van der Waals surface area contributed by atoms with Crippen LogP contribution in [0.3, 0.4) is 0 Å². The number of hydrogen-bond donors (Lipinski definition) is 2. The summed E-state index contributed by atoms with van der Waals surface area (Å²) in [4.78, 5) is 11.5. The van der Waals surface area contributed by atoms with E-state index in [0.717, 1.165) is 33.4 Å². The quantitative estimate of drug-likeness (QED) is 0.375. The highest BCUT2D eigenvalue weighted by Crippen LogP contribution is 2.40. The lowest BCUT2D eigenvalue weighted by atomic mass is 9.84. The normalized spacial score (nSPS) is 14.6. The van der Waals surface area contributed by atoms with Crippen LogP contribution in [0.2, 0.25) is 0 Å². The number of hydrogen-bond acceptors (Lipinski definition) is 4. The standard InChI is InChI=1S/C30H31FO5/c1-19-7-8-21(13-14-30(3,18-32)29(33)34)17-23(19)10-9-22-5-4-6-24(20(22)2)25-11-12-26-28(27(25)31)36-16-15-35-26/h4-12,17,32H,13-16,18H2,1-3H3,(H,33,34)/b10-9+/t30-/m1/s1. The fourth-order valence-corrected chi connectivity index (χ4v) is 4.29. The first-order valence-corrected chi connectivity index (χ1v) is 12.0. The van der Waals surface area contributed by atoms with E-state index in [2.05, 4.69) is 0 Å². The molecule has 5 nitrogen and oxygen atoms in total. The zero-order chi connectivity index (χ0) is 25.9. The molecule has 188 valence electrons. The molecule has 0 aliphatic carbocycles. The summed E-state index contributed by atoms with van der Waals surface area (Å²) in [7, 11) is 0. The van der Waals surface area contributed by atoms with Gasteiger partial charge in [-0.3, -0.25) is 4.79 Å². The van der Waals surface area contributed by atoms with Gasteiger partial charge in [-0.05, 0) is 79.1 Å². The van der Waals surface area contributed by atoms with Gasteiger partial charge in [0, 0.05) is 5.56 Å². The Morgan fingerprint density at radius 1 is 1.03 bits per heavy atom. The van der Waals surface area contributed by atoms with Crippen molar-refractivity contribution < 1.29 is 28.9 Å². The largest absolute Gasteiger partial charge is 0.486 e. The van der Waals surface area contributed by atoms with E-state index in [0.29, 0.717) is 37.4 Å². The summed E-state index contributed by atoms with van der Waals surface area (Å²) in [6.07, 6.45) is 4.92. The molecule has 1 aliphatic rings. The molecule has 1 heterocycles. The van der Waals surface area contributed by atoms with Crippen LogP contribution in [-0.2, 0) is 11.2 Å². The monoisotopic (exact) mass is 490 g/mol. The summed E-state index contributed by atoms with van der Waals surface area (Å²) in [6.45, 7) is 5.88. The van der Waals surface area contributed by atoms with E-state index >= 15 is 4.39 Å². The van der Waals surface area contributed by atoms with Gasteiger partial charge in [-0.15, -0.1) is 0 Å². The minimum atomic E-state index is -1.17. The van der Waals surface area contributed by atoms with Crippen molar-refractivity contribution in [2.75, 3.05) is 19.8 Å². The third-order valence-corrected chi connectivity index (χ3v) is 6.93. The predicted octanol–water partition coefficient (Wildman–Crippen LogP) is 6.07. The van der Waals surface area contributed by atoms with Crippen LogP contribution in [0.4, 0.5) is 4.39 Å². The Hall–Kier alpha value is -3.64. The van der Waals surface area contributed by atoms with Gasteiger partial charge in [0.05, 0.1) is 12.0 Å². The van der Waals surface area contributed by atoms with E-state index in [4.69, 9.17) is 9.47 Å². The van der Waals surface area contributed by atoms with Gasteiger partial charge in [0.2, 0.25) is 0 Å². The molecule has 6 heteroatoms. The molecule has 0 aromatic heterocycles. The molecule has 0 spiro atoms. The Morgan fingerprint density at radius 3 is 2.53 bits per heavy atom. The van der Waals surface area contributed by atoms with Crippen LogP contribution in [0.25, 0.3) is 23.3 Å². The van der Waals surface area contributed by atoms with Crippen LogP contribution in [0.5, 0.6) is 11.5 Å². The summed E-state index contributed by atoms with van der Waals surface area (Å²) in [5.74, 6) is -0.834. The van der Waals surface area contributed by atoms with E-state index in [9.17, 15) is 15.0 Å². The number of aliphatic hydroxyl groups excluding tert-OH is 1. The summed E-state index contributed by atoms with van der Waals surface area (Å²) in [5, 5.41) is 18.9. The Balaban J connectivity index is 1.60. The molecular weight excluding hydrogens is 459 g/mol. The molecule has 3 aromatic rings. The molecule has 36 heavy (non-hydrogen) atoms. The van der Waals surface area contributed by atoms with Crippen molar-refractivity contribution in [2.45, 2.75) is 33.6 Å². The smallest absolute Gasteiger partial charge is 0.311 e. The van der Waals surface area contributed by atoms with Crippen molar-refractivity contribution in [3.05, 3.63) is 82.2 Å². The fraction of sp³-hybridized carbons (Fsp3) is 0.300. The maximum atomic E-state index is 15.3. The van der Waals surface area contributed by atoms with Crippen molar-refractivity contribution in [3.63, 3.8) is 0 Å². The second kappa shape index (κ2) is 10.5. The summed E-state index contributed by atoms with van der Waals surface area (Å²) < 4.78 is 26.3. The van der Waals surface area contributed by atoms with Gasteiger partial charge in [0.15, 0.2) is 17.3 Å². The fourth-order valence-electron chi connectivity index (χ4n) is 4.29. The molecule has 1 atom stereocenters. The topological polar surface area (TPSA) is 76.0 Å². The molecule has 0 fully saturated rings. The molecule has 3 aromatic carbocycles. The molecule has 0 saturated carbocycles. The number of carboxylic acids is 1. The molecule has 0 bridgehead atoms. The van der Waals surface area contributed by atoms with Crippen molar-refractivity contribution in [1.82, 2.24) is 0 Å². The van der Waals surface area contributed by atoms with Gasteiger partial charge < -0.3 is 19.7 Å². The number of aliphatic hydroxyl groups is 1. The number of carbonyl (C=O) groups is 1. The van der Waals surface area contributed by atoms with E-state index in [-0.39, 0.29) is 5.75 Å². The van der Waals surface area contributed by atoms with Gasteiger partial charge in [0.25, 0.3) is 0 Å². The summed E-state index contributed by atoms with van der Waals surface area (Å²) >= 11 is 0. The Labute approximate surface area is 210 Å². The highest BCUT2D eigenvalue weighted by Gasteiger charge is 2.31. The molecule has 0 saturated heterocycles. The van der Waals surface area contributed by atoms with Gasteiger partial charge >= 0.3 is 5.97 Å². The first-order chi connectivity index (χ1) is 17.2. The minimum Gasteiger partial charge on any atom is -0.486 e. The lowest BCUT2D eigenvalue weighted by molar-refractivity contribution is -0.150.